The van der Waals surface area contributed by atoms with Gasteiger partial charge in [-0.3, -0.25) is 0 Å². The molecule has 0 spiro atoms. The largest absolute Gasteiger partial charge is 0.365 e. The van der Waals surface area contributed by atoms with Crippen LogP contribution in [0.25, 0.3) is 0 Å². The highest BCUT2D eigenvalue weighted by Gasteiger charge is 2.19. The Hall–Kier alpha value is -0.840. The zero-order valence-corrected chi connectivity index (χ0v) is 12.0. The zero-order valence-electron chi connectivity index (χ0n) is 9.64. The van der Waals surface area contributed by atoms with E-state index in [1.54, 1.807) is 11.3 Å². The fourth-order valence-electron chi connectivity index (χ4n) is 1.83. The molecule has 1 unspecified atom stereocenters. The summed E-state index contributed by atoms with van der Waals surface area (Å²) in [6.07, 6.45) is 0. The second-order valence-corrected chi connectivity index (χ2v) is 5.63. The first-order chi connectivity index (χ1) is 8.24. The van der Waals surface area contributed by atoms with Crippen LogP contribution in [0.1, 0.15) is 10.9 Å². The summed E-state index contributed by atoms with van der Waals surface area (Å²) in [4.78, 5) is 3.50. The quantitative estimate of drug-likeness (QED) is 0.934. The normalized spacial score (nSPS) is 12.4. The number of hydrogen-bond acceptors (Lipinski definition) is 3. The van der Waals surface area contributed by atoms with Gasteiger partial charge in [-0.2, -0.15) is 0 Å². The molecule has 0 saturated heterocycles. The predicted octanol–water partition coefficient (Wildman–Crippen LogP) is 3.65. The van der Waals surface area contributed by atoms with E-state index in [9.17, 15) is 0 Å². The smallest absolute Gasteiger partial charge is 0.0765 e. The molecule has 90 valence electrons. The van der Waals surface area contributed by atoms with Gasteiger partial charge in [-0.1, -0.05) is 18.2 Å². The monoisotopic (exact) mass is 310 g/mol. The van der Waals surface area contributed by atoms with E-state index >= 15 is 0 Å². The lowest BCUT2D eigenvalue weighted by molar-refractivity contribution is 0.690. The van der Waals surface area contributed by atoms with Gasteiger partial charge < -0.3 is 10.6 Å². The SMILES string of the molecule is CN(c1ccccc1)C(CN)c1sccc1Br. The molecule has 2 nitrogen and oxygen atoms in total. The molecule has 0 amide bonds. The van der Waals surface area contributed by atoms with Crippen LogP contribution < -0.4 is 10.6 Å². The van der Waals surface area contributed by atoms with Crippen LogP contribution >= 0.6 is 27.3 Å². The van der Waals surface area contributed by atoms with Crippen molar-refractivity contribution in [1.82, 2.24) is 0 Å². The number of nitrogens with two attached hydrogens (primary N) is 1. The Morgan fingerprint density at radius 2 is 2.00 bits per heavy atom. The standard InChI is InChI=1S/C13H15BrN2S/c1-16(10-5-3-2-4-6-10)12(9-15)13-11(14)7-8-17-13/h2-8,12H,9,15H2,1H3. The van der Waals surface area contributed by atoms with Crippen molar-refractivity contribution in [2.24, 2.45) is 5.73 Å². The summed E-state index contributed by atoms with van der Waals surface area (Å²) in [7, 11) is 2.08. The van der Waals surface area contributed by atoms with Gasteiger partial charge in [-0.05, 0) is 39.5 Å². The minimum absolute atomic E-state index is 0.215. The van der Waals surface area contributed by atoms with Gasteiger partial charge in [0.15, 0.2) is 0 Å². The molecule has 0 aliphatic heterocycles. The molecule has 17 heavy (non-hydrogen) atoms. The van der Waals surface area contributed by atoms with E-state index in [2.05, 4.69) is 51.5 Å². The number of hydrogen-bond donors (Lipinski definition) is 1. The average Bonchev–Trinajstić information content (AvgIpc) is 2.78. The molecule has 2 rings (SSSR count). The molecule has 1 atom stereocenters. The summed E-state index contributed by atoms with van der Waals surface area (Å²) in [5.74, 6) is 0. The summed E-state index contributed by atoms with van der Waals surface area (Å²) in [6.45, 7) is 0.602. The molecular formula is C13H15BrN2S. The van der Waals surface area contributed by atoms with E-state index in [-0.39, 0.29) is 6.04 Å². The van der Waals surface area contributed by atoms with Gasteiger partial charge in [0, 0.05) is 28.6 Å². The van der Waals surface area contributed by atoms with Gasteiger partial charge in [0.2, 0.25) is 0 Å². The molecule has 0 aliphatic carbocycles. The number of para-hydroxylation sites is 1. The number of halogens is 1. The third-order valence-corrected chi connectivity index (χ3v) is 4.77. The van der Waals surface area contributed by atoms with Gasteiger partial charge in [0.05, 0.1) is 6.04 Å². The Kier molecular flexibility index (Phi) is 4.20. The molecule has 1 aromatic carbocycles. The van der Waals surface area contributed by atoms with E-state index in [1.807, 2.05) is 18.2 Å². The molecule has 2 aromatic rings. The van der Waals surface area contributed by atoms with Crippen molar-refractivity contribution in [3.05, 3.63) is 51.1 Å². The number of likely N-dealkylation sites (N-methyl/N-ethyl adjacent to an activating group) is 1. The topological polar surface area (TPSA) is 29.3 Å². The van der Waals surface area contributed by atoms with Crippen molar-refractivity contribution in [3.8, 4) is 0 Å². The summed E-state index contributed by atoms with van der Waals surface area (Å²) in [5, 5.41) is 2.08. The highest BCUT2D eigenvalue weighted by molar-refractivity contribution is 9.10. The van der Waals surface area contributed by atoms with E-state index < -0.39 is 0 Å². The Bertz CT molecular complexity index is 469. The van der Waals surface area contributed by atoms with Gasteiger partial charge >= 0.3 is 0 Å². The number of nitrogens with zero attached hydrogens (tertiary/aromatic N) is 1. The van der Waals surface area contributed by atoms with Crippen molar-refractivity contribution >= 4 is 33.0 Å². The Morgan fingerprint density at radius 1 is 1.29 bits per heavy atom. The van der Waals surface area contributed by atoms with Gasteiger partial charge in [-0.25, -0.2) is 0 Å². The molecule has 1 aromatic heterocycles. The zero-order chi connectivity index (χ0) is 12.3. The first-order valence-corrected chi connectivity index (χ1v) is 7.12. The van der Waals surface area contributed by atoms with Gasteiger partial charge in [-0.15, -0.1) is 11.3 Å². The second kappa shape index (κ2) is 5.67. The molecule has 0 fully saturated rings. The van der Waals surface area contributed by atoms with Crippen LogP contribution in [0.5, 0.6) is 0 Å². The Labute approximate surface area is 114 Å². The van der Waals surface area contributed by atoms with Crippen LogP contribution in [0.2, 0.25) is 0 Å². The van der Waals surface area contributed by atoms with Crippen LogP contribution in [0.15, 0.2) is 46.3 Å². The second-order valence-electron chi connectivity index (χ2n) is 3.83. The van der Waals surface area contributed by atoms with Crippen LogP contribution in [0.4, 0.5) is 5.69 Å². The Morgan fingerprint density at radius 3 is 2.53 bits per heavy atom. The third kappa shape index (κ3) is 2.70. The summed E-state index contributed by atoms with van der Waals surface area (Å²) >= 11 is 5.31. The summed E-state index contributed by atoms with van der Waals surface area (Å²) in [5.41, 5.74) is 7.10. The number of benzene rings is 1. The molecule has 1 heterocycles. The van der Waals surface area contributed by atoms with Crippen molar-refractivity contribution in [2.75, 3.05) is 18.5 Å². The van der Waals surface area contributed by atoms with Crippen molar-refractivity contribution in [1.29, 1.82) is 0 Å². The minimum atomic E-state index is 0.215. The van der Waals surface area contributed by atoms with Crippen LogP contribution in [-0.2, 0) is 0 Å². The number of anilines is 1. The number of rotatable bonds is 4. The van der Waals surface area contributed by atoms with Crippen LogP contribution in [0.3, 0.4) is 0 Å². The third-order valence-electron chi connectivity index (χ3n) is 2.80. The van der Waals surface area contributed by atoms with E-state index in [0.717, 1.165) is 4.47 Å². The minimum Gasteiger partial charge on any atom is -0.365 e. The molecule has 4 heteroatoms. The molecule has 0 bridgehead atoms. The molecule has 0 aliphatic rings. The van der Waals surface area contributed by atoms with Crippen molar-refractivity contribution in [3.63, 3.8) is 0 Å². The lowest BCUT2D eigenvalue weighted by Gasteiger charge is -2.28. The summed E-state index contributed by atoms with van der Waals surface area (Å²) < 4.78 is 1.14. The lowest BCUT2D eigenvalue weighted by atomic mass is 10.2. The molecule has 0 radical (unpaired) electrons. The summed E-state index contributed by atoms with van der Waals surface area (Å²) in [6, 6.07) is 12.6. The fourth-order valence-corrected chi connectivity index (χ4v) is 3.62. The van der Waals surface area contributed by atoms with E-state index in [1.165, 1.54) is 10.6 Å². The molecular weight excluding hydrogens is 296 g/mol. The van der Waals surface area contributed by atoms with Crippen LogP contribution in [-0.4, -0.2) is 13.6 Å². The van der Waals surface area contributed by atoms with Crippen LogP contribution in [0, 0.1) is 0 Å². The fraction of sp³-hybridized carbons (Fsp3) is 0.231. The number of thiophene rings is 1. The van der Waals surface area contributed by atoms with Gasteiger partial charge in [0.1, 0.15) is 0 Å². The van der Waals surface area contributed by atoms with Gasteiger partial charge in [0.25, 0.3) is 0 Å². The maximum absolute atomic E-state index is 5.92. The molecule has 2 N–H and O–H groups in total. The lowest BCUT2D eigenvalue weighted by Crippen LogP contribution is -2.29. The highest BCUT2D eigenvalue weighted by atomic mass is 79.9. The first-order valence-electron chi connectivity index (χ1n) is 5.45. The maximum Gasteiger partial charge on any atom is 0.0765 e. The Balaban J connectivity index is 2.28. The van der Waals surface area contributed by atoms with E-state index in [0.29, 0.717) is 6.54 Å². The predicted molar refractivity (Wildman–Crippen MR) is 78.7 cm³/mol. The first kappa shape index (κ1) is 12.6. The van der Waals surface area contributed by atoms with Crippen molar-refractivity contribution in [2.45, 2.75) is 6.04 Å². The highest BCUT2D eigenvalue weighted by Crippen LogP contribution is 2.33. The maximum atomic E-state index is 5.92. The van der Waals surface area contributed by atoms with E-state index in [4.69, 9.17) is 5.73 Å². The average molecular weight is 311 g/mol. The van der Waals surface area contributed by atoms with Crippen molar-refractivity contribution < 1.29 is 0 Å². The molecule has 0 saturated carbocycles.